The van der Waals surface area contributed by atoms with Crippen molar-refractivity contribution in [2.45, 2.75) is 51.0 Å². The first kappa shape index (κ1) is 21.5. The topological polar surface area (TPSA) is 84.5 Å². The van der Waals surface area contributed by atoms with Crippen molar-refractivity contribution in [3.05, 3.63) is 54.1 Å². The Labute approximate surface area is 196 Å². The van der Waals surface area contributed by atoms with Gasteiger partial charge in [0.05, 0.1) is 16.8 Å². The Bertz CT molecular complexity index is 1360. The summed E-state index contributed by atoms with van der Waals surface area (Å²) >= 11 is 1.37. The van der Waals surface area contributed by atoms with E-state index < -0.39 is 0 Å². The highest BCUT2D eigenvalue weighted by Crippen LogP contribution is 2.33. The molecule has 2 aromatic heterocycles. The maximum Gasteiger partial charge on any atom is 0.240 e. The van der Waals surface area contributed by atoms with E-state index in [1.165, 1.54) is 17.3 Å². The van der Waals surface area contributed by atoms with Crippen LogP contribution in [0.5, 0.6) is 0 Å². The molecule has 1 atom stereocenters. The molecule has 0 spiro atoms. The molecule has 0 bridgehead atoms. The lowest BCUT2D eigenvalue weighted by atomic mass is 10.1. The van der Waals surface area contributed by atoms with Gasteiger partial charge in [-0.3, -0.25) is 18.6 Å². The Morgan fingerprint density at radius 2 is 1.82 bits per heavy atom. The van der Waals surface area contributed by atoms with Crippen molar-refractivity contribution in [2.24, 2.45) is 0 Å². The Hall–Kier alpha value is -3.33. The monoisotopic (exact) mass is 462 g/mol. The number of para-hydroxylation sites is 3. The van der Waals surface area contributed by atoms with E-state index in [2.05, 4.69) is 28.5 Å². The summed E-state index contributed by atoms with van der Waals surface area (Å²) in [5, 5.41) is 12.3. The fraction of sp³-hybridized carbons (Fsp3) is 0.333. The van der Waals surface area contributed by atoms with E-state index in [1.807, 2.05) is 70.2 Å². The summed E-state index contributed by atoms with van der Waals surface area (Å²) in [6.45, 7) is 6.10. The average Bonchev–Trinajstić information content (AvgIpc) is 3.43. The van der Waals surface area contributed by atoms with Crippen LogP contribution in [0.2, 0.25) is 0 Å². The van der Waals surface area contributed by atoms with Crippen LogP contribution >= 0.6 is 11.8 Å². The number of thioether (sulfide) groups is 1. The number of aromatic nitrogens is 4. The van der Waals surface area contributed by atoms with Crippen molar-refractivity contribution >= 4 is 46.1 Å². The molecule has 1 N–H and O–H groups in total. The average molecular weight is 463 g/mol. The number of rotatable bonds is 6. The zero-order valence-electron chi connectivity index (χ0n) is 18.9. The zero-order valence-corrected chi connectivity index (χ0v) is 19.7. The van der Waals surface area contributed by atoms with Crippen LogP contribution in [0.25, 0.3) is 16.8 Å². The highest BCUT2D eigenvalue weighted by molar-refractivity contribution is 7.99. The van der Waals surface area contributed by atoms with Crippen LogP contribution in [0, 0.1) is 0 Å². The van der Waals surface area contributed by atoms with Gasteiger partial charge in [0.2, 0.25) is 17.6 Å². The second-order valence-electron chi connectivity index (χ2n) is 8.65. The third-order valence-corrected chi connectivity index (χ3v) is 6.74. The second-order valence-corrected chi connectivity index (χ2v) is 9.59. The largest absolute Gasteiger partial charge is 0.352 e. The van der Waals surface area contributed by atoms with Crippen LogP contribution in [-0.2, 0) is 22.6 Å². The van der Waals surface area contributed by atoms with Crippen molar-refractivity contribution in [3.8, 4) is 0 Å². The van der Waals surface area contributed by atoms with E-state index in [1.54, 1.807) is 0 Å². The molecule has 3 heterocycles. The minimum atomic E-state index is -0.0812. The highest BCUT2D eigenvalue weighted by atomic mass is 32.2. The normalized spacial score (nSPS) is 15.5. The molecule has 5 rings (SSSR count). The standard InChI is InChI=1S/C24H26N6O2S/c1-15(2)25-21(31)13-28-19-10-6-7-11-20(19)30-23(28)26-27-24(30)33-14-22(32)29-16(3)12-17-8-4-5-9-18(17)29/h4-11,15-16H,12-14H2,1-3H3,(H,25,31). The van der Waals surface area contributed by atoms with Gasteiger partial charge < -0.3 is 10.2 Å². The third-order valence-electron chi connectivity index (χ3n) is 5.82. The van der Waals surface area contributed by atoms with Crippen LogP contribution in [0.3, 0.4) is 0 Å². The Morgan fingerprint density at radius 1 is 1.09 bits per heavy atom. The zero-order chi connectivity index (χ0) is 23.1. The fourth-order valence-electron chi connectivity index (χ4n) is 4.54. The van der Waals surface area contributed by atoms with Gasteiger partial charge in [0.15, 0.2) is 5.16 Å². The van der Waals surface area contributed by atoms with Crippen LogP contribution < -0.4 is 10.2 Å². The Kier molecular flexibility index (Phi) is 5.57. The number of amides is 2. The fourth-order valence-corrected chi connectivity index (χ4v) is 5.34. The second kappa shape index (κ2) is 8.55. The molecule has 1 aliphatic heterocycles. The van der Waals surface area contributed by atoms with E-state index in [0.29, 0.717) is 10.9 Å². The number of hydrogen-bond acceptors (Lipinski definition) is 5. The van der Waals surface area contributed by atoms with Crippen LogP contribution in [0.1, 0.15) is 26.3 Å². The number of hydrogen-bond donors (Lipinski definition) is 1. The summed E-state index contributed by atoms with van der Waals surface area (Å²) in [4.78, 5) is 27.5. The molecule has 0 fully saturated rings. The number of imidazole rings is 1. The first-order valence-corrected chi connectivity index (χ1v) is 12.1. The van der Waals surface area contributed by atoms with Crippen LogP contribution in [-0.4, -0.2) is 48.8 Å². The summed E-state index contributed by atoms with van der Waals surface area (Å²) in [5.41, 5.74) is 4.01. The lowest BCUT2D eigenvalue weighted by molar-refractivity contribution is -0.122. The number of fused-ring (bicyclic) bond motifs is 4. The summed E-state index contributed by atoms with van der Waals surface area (Å²) in [6.07, 6.45) is 0.869. The molecule has 2 aromatic carbocycles. The number of carbonyl (C=O) groups excluding carboxylic acids is 2. The molecular formula is C24H26N6O2S. The minimum Gasteiger partial charge on any atom is -0.352 e. The summed E-state index contributed by atoms with van der Waals surface area (Å²) in [5.74, 6) is 0.814. The molecule has 2 amide bonds. The third kappa shape index (κ3) is 3.86. The summed E-state index contributed by atoms with van der Waals surface area (Å²) in [7, 11) is 0. The van der Waals surface area contributed by atoms with Gasteiger partial charge in [-0.25, -0.2) is 0 Å². The van der Waals surface area contributed by atoms with Gasteiger partial charge in [-0.1, -0.05) is 42.1 Å². The molecule has 1 unspecified atom stereocenters. The van der Waals surface area contributed by atoms with E-state index in [4.69, 9.17) is 0 Å². The van der Waals surface area contributed by atoms with E-state index in [-0.39, 0.29) is 36.2 Å². The van der Waals surface area contributed by atoms with Crippen molar-refractivity contribution in [1.82, 2.24) is 24.5 Å². The molecule has 0 aliphatic carbocycles. The number of nitrogens with zero attached hydrogens (tertiary/aromatic N) is 5. The molecule has 9 heteroatoms. The van der Waals surface area contributed by atoms with Gasteiger partial charge in [-0.15, -0.1) is 10.2 Å². The molecule has 0 saturated carbocycles. The first-order chi connectivity index (χ1) is 15.9. The number of anilines is 1. The van der Waals surface area contributed by atoms with Crippen molar-refractivity contribution in [3.63, 3.8) is 0 Å². The van der Waals surface area contributed by atoms with Gasteiger partial charge >= 0.3 is 0 Å². The van der Waals surface area contributed by atoms with Crippen LogP contribution in [0.4, 0.5) is 5.69 Å². The van der Waals surface area contributed by atoms with E-state index in [0.717, 1.165) is 23.1 Å². The van der Waals surface area contributed by atoms with Gasteiger partial charge in [0.25, 0.3) is 0 Å². The van der Waals surface area contributed by atoms with E-state index in [9.17, 15) is 9.59 Å². The number of benzene rings is 2. The first-order valence-electron chi connectivity index (χ1n) is 11.1. The molecule has 170 valence electrons. The summed E-state index contributed by atoms with van der Waals surface area (Å²) < 4.78 is 3.79. The maximum absolute atomic E-state index is 13.2. The lowest BCUT2D eigenvalue weighted by Crippen LogP contribution is -2.37. The van der Waals surface area contributed by atoms with Gasteiger partial charge in [-0.2, -0.15) is 0 Å². The minimum absolute atomic E-state index is 0.0502. The Balaban J connectivity index is 1.42. The van der Waals surface area contributed by atoms with Gasteiger partial charge in [0, 0.05) is 17.8 Å². The SMILES string of the molecule is CC(C)NC(=O)Cn1c2ccccc2n2c(SCC(=O)N3c4ccccc4CC3C)nnc12. The Morgan fingerprint density at radius 3 is 2.61 bits per heavy atom. The van der Waals surface area contributed by atoms with Gasteiger partial charge in [-0.05, 0) is 51.0 Å². The molecule has 0 radical (unpaired) electrons. The lowest BCUT2D eigenvalue weighted by Gasteiger charge is -2.22. The molecule has 33 heavy (non-hydrogen) atoms. The summed E-state index contributed by atoms with van der Waals surface area (Å²) in [6, 6.07) is 16.1. The quantitative estimate of drug-likeness (QED) is 0.445. The van der Waals surface area contributed by atoms with E-state index >= 15 is 0 Å². The molecule has 8 nitrogen and oxygen atoms in total. The highest BCUT2D eigenvalue weighted by Gasteiger charge is 2.30. The number of carbonyl (C=O) groups is 2. The predicted octanol–water partition coefficient (Wildman–Crippen LogP) is 3.28. The number of nitrogens with one attached hydrogen (secondary N) is 1. The van der Waals surface area contributed by atoms with Crippen molar-refractivity contribution in [2.75, 3.05) is 10.7 Å². The maximum atomic E-state index is 13.2. The molecule has 1 aliphatic rings. The van der Waals surface area contributed by atoms with Gasteiger partial charge in [0.1, 0.15) is 6.54 Å². The molecule has 4 aromatic rings. The van der Waals surface area contributed by atoms with Crippen LogP contribution in [0.15, 0.2) is 53.7 Å². The predicted molar refractivity (Wildman–Crippen MR) is 130 cm³/mol. The molecule has 0 saturated heterocycles. The van der Waals surface area contributed by atoms with Crippen molar-refractivity contribution in [1.29, 1.82) is 0 Å². The molecular weight excluding hydrogens is 436 g/mol. The van der Waals surface area contributed by atoms with Crippen molar-refractivity contribution < 1.29 is 9.59 Å². The smallest absolute Gasteiger partial charge is 0.240 e.